The number of primary amides is 2. The van der Waals surface area contributed by atoms with Gasteiger partial charge in [0.25, 0.3) is 0 Å². The molecule has 0 rings (SSSR count). The highest BCUT2D eigenvalue weighted by Gasteiger charge is 1.98. The Morgan fingerprint density at radius 2 is 0.500 bits per heavy atom. The second-order valence-corrected chi connectivity index (χ2v) is 11.9. The number of aliphatic carboxylic acids is 2. The largest absolute Gasteiger partial charge is 0.481 e. The van der Waals surface area contributed by atoms with Crippen molar-refractivity contribution in [2.75, 3.05) is 0 Å². The highest BCUT2D eigenvalue weighted by molar-refractivity contribution is 5.69. The van der Waals surface area contributed by atoms with Crippen LogP contribution in [0.2, 0.25) is 0 Å². The standard InChI is InChI=1S/C18H36O2.C16H32O2.CH4N2O/c1-2-3-4-5-6-7-8-9-10-11-12-13-14-15-16-17-18(19)20;1-2-3-4-5-6-7-8-9-10-11-12-13-14-15-16(17)18;2-1(3)4/h2-17H2,1H3,(H,19,20);2-15H2,1H3,(H,17,18);(H4,2,3,4). The van der Waals surface area contributed by atoms with Crippen LogP contribution in [0, 0.1) is 0 Å². The third-order valence-electron chi connectivity index (χ3n) is 7.49. The summed E-state index contributed by atoms with van der Waals surface area (Å²) in [5.41, 5.74) is 8.50. The zero-order chi connectivity index (χ0) is 31.9. The van der Waals surface area contributed by atoms with E-state index in [0.717, 1.165) is 25.7 Å². The molecule has 0 aromatic carbocycles. The molecule has 0 aliphatic heterocycles. The molecule has 0 saturated heterocycles. The van der Waals surface area contributed by atoms with Gasteiger partial charge in [-0.3, -0.25) is 9.59 Å². The fourth-order valence-corrected chi connectivity index (χ4v) is 4.94. The maximum Gasteiger partial charge on any atom is 0.309 e. The van der Waals surface area contributed by atoms with Gasteiger partial charge in [0.1, 0.15) is 0 Å². The first-order valence-corrected chi connectivity index (χ1v) is 17.8. The van der Waals surface area contributed by atoms with Gasteiger partial charge in [0.15, 0.2) is 0 Å². The van der Waals surface area contributed by atoms with Gasteiger partial charge < -0.3 is 21.7 Å². The number of carboxylic acid groups (broad SMARTS) is 2. The van der Waals surface area contributed by atoms with Crippen LogP contribution in [-0.4, -0.2) is 28.2 Å². The normalized spacial score (nSPS) is 10.3. The van der Waals surface area contributed by atoms with Gasteiger partial charge in [-0.25, -0.2) is 4.79 Å². The molecular weight excluding hydrogens is 528 g/mol. The van der Waals surface area contributed by atoms with Crippen molar-refractivity contribution >= 4 is 18.0 Å². The number of rotatable bonds is 30. The van der Waals surface area contributed by atoms with Gasteiger partial charge >= 0.3 is 18.0 Å². The highest BCUT2D eigenvalue weighted by Crippen LogP contribution is 2.14. The molecule has 0 unspecified atom stereocenters. The topological polar surface area (TPSA) is 144 Å². The maximum atomic E-state index is 10.3. The molecule has 0 atom stereocenters. The Morgan fingerprint density at radius 1 is 0.357 bits per heavy atom. The summed E-state index contributed by atoms with van der Waals surface area (Å²) < 4.78 is 0. The quantitative estimate of drug-likeness (QED) is 0.0606. The Labute approximate surface area is 260 Å². The van der Waals surface area contributed by atoms with Crippen molar-refractivity contribution in [3.8, 4) is 0 Å². The fourth-order valence-electron chi connectivity index (χ4n) is 4.94. The molecule has 0 aromatic rings. The summed E-state index contributed by atoms with van der Waals surface area (Å²) in [7, 11) is 0. The average Bonchev–Trinajstić information content (AvgIpc) is 2.93. The Kier molecular flexibility index (Phi) is 44.0. The van der Waals surface area contributed by atoms with Crippen LogP contribution in [0.25, 0.3) is 0 Å². The lowest BCUT2D eigenvalue weighted by Crippen LogP contribution is -2.18. The van der Waals surface area contributed by atoms with Crippen LogP contribution in [0.15, 0.2) is 0 Å². The van der Waals surface area contributed by atoms with Crippen molar-refractivity contribution in [3.05, 3.63) is 0 Å². The summed E-state index contributed by atoms with van der Waals surface area (Å²) in [5, 5.41) is 17.0. The molecule has 0 radical (unpaired) electrons. The van der Waals surface area contributed by atoms with Gasteiger partial charge in [-0.15, -0.1) is 0 Å². The van der Waals surface area contributed by atoms with Crippen LogP contribution in [0.1, 0.15) is 206 Å². The molecule has 7 nitrogen and oxygen atoms in total. The van der Waals surface area contributed by atoms with Crippen molar-refractivity contribution in [1.82, 2.24) is 0 Å². The first-order chi connectivity index (χ1) is 20.3. The molecule has 252 valence electrons. The summed E-state index contributed by atoms with van der Waals surface area (Å²) in [6.07, 6.45) is 37.5. The molecule has 0 heterocycles. The first-order valence-electron chi connectivity index (χ1n) is 17.8. The summed E-state index contributed by atoms with van der Waals surface area (Å²) in [5.74, 6) is -1.31. The van der Waals surface area contributed by atoms with Gasteiger partial charge in [-0.05, 0) is 12.8 Å². The minimum atomic E-state index is -0.833. The molecule has 7 heteroatoms. The lowest BCUT2D eigenvalue weighted by atomic mass is 10.0. The van der Waals surface area contributed by atoms with Crippen molar-refractivity contribution in [1.29, 1.82) is 0 Å². The monoisotopic (exact) mass is 601 g/mol. The molecule has 2 amide bonds. The predicted molar refractivity (Wildman–Crippen MR) is 179 cm³/mol. The first kappa shape index (κ1) is 44.6. The summed E-state index contributed by atoms with van der Waals surface area (Å²) >= 11 is 0. The summed E-state index contributed by atoms with van der Waals surface area (Å²) in [4.78, 5) is 29.6. The number of nitrogens with two attached hydrogens (primary N) is 2. The number of carboxylic acids is 2. The minimum absolute atomic E-state index is 0.345. The van der Waals surface area contributed by atoms with E-state index in [-0.39, 0.29) is 0 Å². The van der Waals surface area contributed by atoms with Gasteiger partial charge in [-0.2, -0.15) is 0 Å². The Balaban J connectivity index is -0.000000644. The SMILES string of the molecule is CCCCCCCCCCCCCCCC(=O)O.CCCCCCCCCCCCCCCCCC(=O)O.NC(N)=O. The van der Waals surface area contributed by atoms with E-state index in [2.05, 4.69) is 25.3 Å². The van der Waals surface area contributed by atoms with Crippen LogP contribution in [0.4, 0.5) is 4.79 Å². The van der Waals surface area contributed by atoms with E-state index in [1.807, 2.05) is 0 Å². The van der Waals surface area contributed by atoms with E-state index in [4.69, 9.17) is 15.0 Å². The number of carbonyl (C=O) groups excluding carboxylic acids is 1. The van der Waals surface area contributed by atoms with Crippen LogP contribution in [-0.2, 0) is 9.59 Å². The number of hydrogen-bond donors (Lipinski definition) is 4. The molecule has 42 heavy (non-hydrogen) atoms. The molecule has 0 spiro atoms. The van der Waals surface area contributed by atoms with Crippen LogP contribution >= 0.6 is 0 Å². The van der Waals surface area contributed by atoms with E-state index in [1.165, 1.54) is 154 Å². The molecule has 0 aliphatic carbocycles. The van der Waals surface area contributed by atoms with Gasteiger partial charge in [0.05, 0.1) is 0 Å². The highest BCUT2D eigenvalue weighted by atomic mass is 16.4. The molecule has 6 N–H and O–H groups in total. The molecule has 0 aliphatic rings. The lowest BCUT2D eigenvalue weighted by molar-refractivity contribution is -0.138. The Morgan fingerprint density at radius 3 is 0.643 bits per heavy atom. The second kappa shape index (κ2) is 41.3. The van der Waals surface area contributed by atoms with Crippen molar-refractivity contribution in [3.63, 3.8) is 0 Å². The minimum Gasteiger partial charge on any atom is -0.481 e. The molecule has 0 bridgehead atoms. The van der Waals surface area contributed by atoms with E-state index in [9.17, 15) is 9.59 Å². The number of carbonyl (C=O) groups is 3. The van der Waals surface area contributed by atoms with Crippen LogP contribution in [0.5, 0.6) is 0 Å². The zero-order valence-corrected chi connectivity index (χ0v) is 28.0. The Bertz CT molecular complexity index is 553. The third-order valence-corrected chi connectivity index (χ3v) is 7.49. The van der Waals surface area contributed by atoms with Gasteiger partial charge in [0, 0.05) is 12.8 Å². The van der Waals surface area contributed by atoms with E-state index in [1.54, 1.807) is 0 Å². The van der Waals surface area contributed by atoms with Gasteiger partial charge in [-0.1, -0.05) is 181 Å². The average molecular weight is 601 g/mol. The van der Waals surface area contributed by atoms with Crippen LogP contribution in [0.3, 0.4) is 0 Å². The number of unbranched alkanes of at least 4 members (excludes halogenated alkanes) is 26. The molecular formula is C35H72N2O5. The molecule has 0 fully saturated rings. The predicted octanol–water partition coefficient (Wildman–Crippen LogP) is 10.9. The van der Waals surface area contributed by atoms with Crippen LogP contribution < -0.4 is 11.5 Å². The smallest absolute Gasteiger partial charge is 0.309 e. The Hall–Kier alpha value is -1.79. The van der Waals surface area contributed by atoms with Gasteiger partial charge in [0.2, 0.25) is 0 Å². The number of urea groups is 1. The van der Waals surface area contributed by atoms with E-state index < -0.39 is 18.0 Å². The summed E-state index contributed by atoms with van der Waals surface area (Å²) in [6.45, 7) is 4.53. The molecule has 0 saturated carbocycles. The second-order valence-electron chi connectivity index (χ2n) is 11.9. The zero-order valence-electron chi connectivity index (χ0n) is 28.0. The van der Waals surface area contributed by atoms with E-state index >= 15 is 0 Å². The number of amides is 2. The third kappa shape index (κ3) is 58.0. The lowest BCUT2D eigenvalue weighted by Gasteiger charge is -2.03. The van der Waals surface area contributed by atoms with Crippen molar-refractivity contribution in [2.24, 2.45) is 11.5 Å². The fraction of sp³-hybridized carbons (Fsp3) is 0.914. The van der Waals surface area contributed by atoms with Crippen molar-refractivity contribution < 1.29 is 24.6 Å². The maximum absolute atomic E-state index is 10.3. The number of hydrogen-bond acceptors (Lipinski definition) is 3. The van der Waals surface area contributed by atoms with E-state index in [0.29, 0.717) is 12.8 Å². The molecule has 0 aromatic heterocycles. The summed E-state index contributed by atoms with van der Waals surface area (Å²) in [6, 6.07) is -0.833. The van der Waals surface area contributed by atoms with Crippen molar-refractivity contribution in [2.45, 2.75) is 206 Å².